The number of rotatable bonds is 4. The molecule has 0 amide bonds. The van der Waals surface area contributed by atoms with Crippen LogP contribution in [-0.2, 0) is 12.6 Å². The number of halogens is 4. The number of fused-ring (bicyclic) bond motifs is 1. The van der Waals surface area contributed by atoms with Crippen LogP contribution < -0.4 is 16.2 Å². The van der Waals surface area contributed by atoms with Crippen LogP contribution >= 0.6 is 0 Å². The minimum Gasteiger partial charge on any atom is -0.453 e. The van der Waals surface area contributed by atoms with E-state index in [9.17, 15) is 17.6 Å². The summed E-state index contributed by atoms with van der Waals surface area (Å²) in [6.45, 7) is 1.95. The Morgan fingerprint density at radius 2 is 1.87 bits per heavy atom. The highest BCUT2D eigenvalue weighted by atomic mass is 19.4. The van der Waals surface area contributed by atoms with E-state index in [1.54, 1.807) is 12.3 Å². The van der Waals surface area contributed by atoms with Gasteiger partial charge in [-0.2, -0.15) is 18.2 Å². The second-order valence-corrected chi connectivity index (χ2v) is 6.64. The Balaban J connectivity index is 1.77. The Labute approximate surface area is 173 Å². The number of benzene rings is 1. The highest BCUT2D eigenvalue weighted by Gasteiger charge is 2.38. The van der Waals surface area contributed by atoms with Gasteiger partial charge in [-0.15, -0.1) is 0 Å². The Morgan fingerprint density at radius 1 is 1.10 bits per heavy atom. The number of aromatic nitrogens is 4. The van der Waals surface area contributed by atoms with Gasteiger partial charge in [-0.25, -0.2) is 14.4 Å². The smallest absolute Gasteiger partial charge is 0.434 e. The number of alkyl halides is 3. The SMILES string of the molecule is CCc1c[nH]c2nccc(Oc3ccc(-c4c(N)nc(N)nc4C(F)(F)F)cc3F)c12. The van der Waals surface area contributed by atoms with Gasteiger partial charge in [0, 0.05) is 12.4 Å². The molecule has 0 aliphatic rings. The summed E-state index contributed by atoms with van der Waals surface area (Å²) in [6.07, 6.45) is -0.881. The predicted molar refractivity (Wildman–Crippen MR) is 107 cm³/mol. The van der Waals surface area contributed by atoms with Gasteiger partial charge in [0.2, 0.25) is 5.95 Å². The average molecular weight is 432 g/mol. The van der Waals surface area contributed by atoms with Crippen molar-refractivity contribution in [2.45, 2.75) is 19.5 Å². The van der Waals surface area contributed by atoms with E-state index >= 15 is 0 Å². The van der Waals surface area contributed by atoms with E-state index in [2.05, 4.69) is 19.9 Å². The molecule has 4 aromatic rings. The van der Waals surface area contributed by atoms with Gasteiger partial charge in [0.05, 0.1) is 10.9 Å². The van der Waals surface area contributed by atoms with Crippen LogP contribution in [0.4, 0.5) is 29.3 Å². The van der Waals surface area contributed by atoms with Crippen LogP contribution in [0.25, 0.3) is 22.2 Å². The number of nitrogens with zero attached hydrogens (tertiary/aromatic N) is 3. The number of aromatic amines is 1. The van der Waals surface area contributed by atoms with E-state index in [1.807, 2.05) is 6.92 Å². The summed E-state index contributed by atoms with van der Waals surface area (Å²) < 4.78 is 60.8. The maximum absolute atomic E-state index is 14.8. The molecule has 0 unspecified atom stereocenters. The molecule has 4 rings (SSSR count). The van der Waals surface area contributed by atoms with Crippen LogP contribution in [0.3, 0.4) is 0 Å². The third kappa shape index (κ3) is 3.69. The molecule has 0 bridgehead atoms. The lowest BCUT2D eigenvalue weighted by atomic mass is 10.0. The molecule has 1 aromatic carbocycles. The summed E-state index contributed by atoms with van der Waals surface area (Å²) >= 11 is 0. The fraction of sp³-hybridized carbons (Fsp3) is 0.150. The van der Waals surface area contributed by atoms with E-state index < -0.39 is 35.0 Å². The molecule has 0 spiro atoms. The van der Waals surface area contributed by atoms with E-state index in [1.165, 1.54) is 18.3 Å². The molecular weight excluding hydrogens is 416 g/mol. The summed E-state index contributed by atoms with van der Waals surface area (Å²) in [7, 11) is 0. The first-order valence-electron chi connectivity index (χ1n) is 9.12. The van der Waals surface area contributed by atoms with Gasteiger partial charge < -0.3 is 21.2 Å². The van der Waals surface area contributed by atoms with Crippen LogP contribution in [-0.4, -0.2) is 19.9 Å². The second kappa shape index (κ2) is 7.42. The molecule has 0 atom stereocenters. The number of hydrogen-bond donors (Lipinski definition) is 3. The molecular formula is C20H16F4N6O. The fourth-order valence-electron chi connectivity index (χ4n) is 3.30. The van der Waals surface area contributed by atoms with Gasteiger partial charge in [-0.3, -0.25) is 0 Å². The molecule has 0 saturated heterocycles. The monoisotopic (exact) mass is 432 g/mol. The van der Waals surface area contributed by atoms with Gasteiger partial charge in [0.1, 0.15) is 17.2 Å². The molecule has 7 nitrogen and oxygen atoms in total. The average Bonchev–Trinajstić information content (AvgIpc) is 3.12. The summed E-state index contributed by atoms with van der Waals surface area (Å²) in [5, 5.41) is 0.698. The van der Waals surface area contributed by atoms with Crippen molar-refractivity contribution in [3.63, 3.8) is 0 Å². The van der Waals surface area contributed by atoms with Crippen molar-refractivity contribution >= 4 is 22.8 Å². The van der Waals surface area contributed by atoms with Crippen molar-refractivity contribution in [1.29, 1.82) is 0 Å². The Bertz CT molecular complexity index is 1280. The first kappa shape index (κ1) is 20.4. The molecule has 31 heavy (non-hydrogen) atoms. The summed E-state index contributed by atoms with van der Waals surface area (Å²) in [6, 6.07) is 4.92. The van der Waals surface area contributed by atoms with E-state index in [-0.39, 0.29) is 11.3 Å². The Kier molecular flexibility index (Phi) is 4.88. The number of H-pyrrole nitrogens is 1. The van der Waals surface area contributed by atoms with Gasteiger partial charge in [0.25, 0.3) is 0 Å². The molecule has 0 radical (unpaired) electrons. The summed E-state index contributed by atoms with van der Waals surface area (Å²) in [4.78, 5) is 14.0. The number of nitrogen functional groups attached to an aromatic ring is 2. The van der Waals surface area contributed by atoms with Crippen molar-refractivity contribution in [3.05, 3.63) is 53.7 Å². The highest BCUT2D eigenvalue weighted by Crippen LogP contribution is 2.40. The molecule has 11 heteroatoms. The number of anilines is 2. The first-order chi connectivity index (χ1) is 14.7. The van der Waals surface area contributed by atoms with Gasteiger partial charge >= 0.3 is 6.18 Å². The minimum absolute atomic E-state index is 0.162. The second-order valence-electron chi connectivity index (χ2n) is 6.64. The standard InChI is InChI=1S/C20H16F4N6O/c1-2-9-8-28-18-14(9)13(5-6-27-18)31-12-4-3-10(7-11(12)21)15-16(20(22,23)24)29-19(26)30-17(15)25/h3-8H,2H2,1H3,(H,27,28)(H4,25,26,29,30). The van der Waals surface area contributed by atoms with E-state index in [0.29, 0.717) is 23.2 Å². The number of nitrogens with one attached hydrogen (secondary N) is 1. The van der Waals surface area contributed by atoms with Crippen molar-refractivity contribution in [2.24, 2.45) is 0 Å². The number of hydrogen-bond acceptors (Lipinski definition) is 6. The van der Waals surface area contributed by atoms with E-state index in [0.717, 1.165) is 11.6 Å². The van der Waals surface area contributed by atoms with Crippen LogP contribution in [0, 0.1) is 5.82 Å². The van der Waals surface area contributed by atoms with Crippen molar-refractivity contribution in [2.75, 3.05) is 11.5 Å². The van der Waals surface area contributed by atoms with Crippen molar-refractivity contribution < 1.29 is 22.3 Å². The normalized spacial score (nSPS) is 11.8. The third-order valence-corrected chi connectivity index (χ3v) is 4.66. The molecule has 0 saturated carbocycles. The van der Waals surface area contributed by atoms with Crippen LogP contribution in [0.2, 0.25) is 0 Å². The number of pyridine rings is 1. The predicted octanol–water partition coefficient (Wildman–Crippen LogP) is 4.70. The molecule has 3 heterocycles. The van der Waals surface area contributed by atoms with Crippen molar-refractivity contribution in [1.82, 2.24) is 19.9 Å². The first-order valence-corrected chi connectivity index (χ1v) is 9.12. The molecule has 5 N–H and O–H groups in total. The summed E-state index contributed by atoms with van der Waals surface area (Å²) in [5.74, 6) is -1.85. The lowest BCUT2D eigenvalue weighted by Gasteiger charge is -2.15. The van der Waals surface area contributed by atoms with Gasteiger partial charge in [-0.1, -0.05) is 13.0 Å². The maximum atomic E-state index is 14.8. The number of aryl methyl sites for hydroxylation is 1. The topological polar surface area (TPSA) is 116 Å². The molecule has 0 fully saturated rings. The maximum Gasteiger partial charge on any atom is 0.434 e. The number of ether oxygens (including phenoxy) is 1. The molecule has 160 valence electrons. The third-order valence-electron chi connectivity index (χ3n) is 4.66. The highest BCUT2D eigenvalue weighted by molar-refractivity contribution is 5.86. The largest absolute Gasteiger partial charge is 0.453 e. The zero-order valence-corrected chi connectivity index (χ0v) is 16.1. The zero-order valence-electron chi connectivity index (χ0n) is 16.1. The molecule has 0 aliphatic heterocycles. The lowest BCUT2D eigenvalue weighted by molar-refractivity contribution is -0.140. The number of nitrogens with two attached hydrogens (primary N) is 2. The minimum atomic E-state index is -4.86. The Hall–Kier alpha value is -3.89. The van der Waals surface area contributed by atoms with E-state index in [4.69, 9.17) is 16.2 Å². The fourth-order valence-corrected chi connectivity index (χ4v) is 3.30. The van der Waals surface area contributed by atoms with Gasteiger partial charge in [-0.05, 0) is 35.7 Å². The molecule has 3 aromatic heterocycles. The Morgan fingerprint density at radius 3 is 2.55 bits per heavy atom. The van der Waals surface area contributed by atoms with Crippen LogP contribution in [0.5, 0.6) is 11.5 Å². The molecule has 0 aliphatic carbocycles. The van der Waals surface area contributed by atoms with Crippen LogP contribution in [0.15, 0.2) is 36.7 Å². The quantitative estimate of drug-likeness (QED) is 0.403. The zero-order chi connectivity index (χ0) is 22.3. The van der Waals surface area contributed by atoms with Crippen LogP contribution in [0.1, 0.15) is 18.2 Å². The summed E-state index contributed by atoms with van der Waals surface area (Å²) in [5.41, 5.74) is 10.4. The van der Waals surface area contributed by atoms with Gasteiger partial charge in [0.15, 0.2) is 17.3 Å². The lowest BCUT2D eigenvalue weighted by Crippen LogP contribution is -2.15. The van der Waals surface area contributed by atoms with Crippen molar-refractivity contribution in [3.8, 4) is 22.6 Å².